The third-order valence-corrected chi connectivity index (χ3v) is 4.72. The van der Waals surface area contributed by atoms with E-state index in [1.54, 1.807) is 29.4 Å². The summed E-state index contributed by atoms with van der Waals surface area (Å²) in [6, 6.07) is 6.74. The second-order valence-corrected chi connectivity index (χ2v) is 6.66. The number of nitrogens with zero attached hydrogens (tertiary/aromatic N) is 4. The summed E-state index contributed by atoms with van der Waals surface area (Å²) in [6.45, 7) is 5.29. The monoisotopic (exact) mass is 371 g/mol. The highest BCUT2D eigenvalue weighted by Crippen LogP contribution is 2.20. The summed E-state index contributed by atoms with van der Waals surface area (Å²) in [5.41, 5.74) is 1.07. The minimum Gasteiger partial charge on any atom is -0.366 e. The zero-order valence-electron chi connectivity index (χ0n) is 15.7. The van der Waals surface area contributed by atoms with Crippen molar-refractivity contribution in [1.82, 2.24) is 14.9 Å². The second kappa shape index (κ2) is 9.30. The molecule has 2 heterocycles. The Bertz CT molecular complexity index is 744. The number of benzene rings is 1. The third-order valence-electron chi connectivity index (χ3n) is 4.72. The van der Waals surface area contributed by atoms with E-state index in [2.05, 4.69) is 22.2 Å². The fraction of sp³-hybridized carbons (Fsp3) is 0.450. The number of unbranched alkanes of at least 4 members (excludes halogenated alkanes) is 2. The molecule has 1 N–H and O–H groups in total. The largest absolute Gasteiger partial charge is 0.366 e. The van der Waals surface area contributed by atoms with Crippen molar-refractivity contribution in [2.45, 2.75) is 26.2 Å². The highest BCUT2D eigenvalue weighted by molar-refractivity contribution is 5.93. The van der Waals surface area contributed by atoms with Gasteiger partial charge in [-0.1, -0.05) is 31.9 Å². The first kappa shape index (κ1) is 19.1. The van der Waals surface area contributed by atoms with Gasteiger partial charge < -0.3 is 15.1 Å². The van der Waals surface area contributed by atoms with Gasteiger partial charge in [0.25, 0.3) is 5.91 Å². The maximum atomic E-state index is 13.9. The van der Waals surface area contributed by atoms with Crippen LogP contribution in [0.4, 0.5) is 16.0 Å². The number of piperazine rings is 1. The molecule has 27 heavy (non-hydrogen) atoms. The van der Waals surface area contributed by atoms with Gasteiger partial charge in [-0.2, -0.15) is 0 Å². The first-order valence-electron chi connectivity index (χ1n) is 9.53. The fourth-order valence-electron chi connectivity index (χ4n) is 3.15. The van der Waals surface area contributed by atoms with Crippen LogP contribution in [-0.2, 0) is 0 Å². The Morgan fingerprint density at radius 2 is 1.81 bits per heavy atom. The minimum atomic E-state index is -0.229. The van der Waals surface area contributed by atoms with Crippen molar-refractivity contribution in [2.24, 2.45) is 0 Å². The van der Waals surface area contributed by atoms with Crippen molar-refractivity contribution in [3.05, 3.63) is 48.0 Å². The number of para-hydroxylation sites is 1. The topological polar surface area (TPSA) is 61.4 Å². The number of carbonyl (C=O) groups excluding carboxylic acids is 1. The lowest BCUT2D eigenvalue weighted by Crippen LogP contribution is -2.49. The molecule has 0 saturated carbocycles. The van der Waals surface area contributed by atoms with Crippen LogP contribution in [0.5, 0.6) is 0 Å². The van der Waals surface area contributed by atoms with Crippen molar-refractivity contribution < 1.29 is 9.18 Å². The highest BCUT2D eigenvalue weighted by Gasteiger charge is 2.23. The molecule has 1 fully saturated rings. The van der Waals surface area contributed by atoms with E-state index in [0.29, 0.717) is 43.4 Å². The normalized spacial score (nSPS) is 14.3. The summed E-state index contributed by atoms with van der Waals surface area (Å²) in [7, 11) is 0. The van der Waals surface area contributed by atoms with Gasteiger partial charge >= 0.3 is 0 Å². The molecule has 0 bridgehead atoms. The Hall–Kier alpha value is -2.70. The van der Waals surface area contributed by atoms with Gasteiger partial charge in [0.1, 0.15) is 5.82 Å². The number of hydrogen-bond acceptors (Lipinski definition) is 5. The number of carbonyl (C=O) groups is 1. The smallest absolute Gasteiger partial charge is 0.257 e. The fourth-order valence-corrected chi connectivity index (χ4v) is 3.15. The molecule has 0 unspecified atom stereocenters. The van der Waals surface area contributed by atoms with E-state index in [1.165, 1.54) is 18.9 Å². The Kier molecular flexibility index (Phi) is 6.57. The van der Waals surface area contributed by atoms with Gasteiger partial charge in [-0.05, 0) is 18.6 Å². The maximum absolute atomic E-state index is 13.9. The van der Waals surface area contributed by atoms with Crippen LogP contribution < -0.4 is 10.2 Å². The molecule has 2 aromatic rings. The lowest BCUT2D eigenvalue weighted by Gasteiger charge is -2.36. The van der Waals surface area contributed by atoms with Crippen molar-refractivity contribution in [2.75, 3.05) is 42.9 Å². The summed E-state index contributed by atoms with van der Waals surface area (Å²) < 4.78 is 13.9. The summed E-state index contributed by atoms with van der Waals surface area (Å²) in [4.78, 5) is 24.9. The molecule has 1 aliphatic heterocycles. The molecule has 1 amide bonds. The number of amides is 1. The van der Waals surface area contributed by atoms with Crippen LogP contribution in [0, 0.1) is 5.82 Å². The quantitative estimate of drug-likeness (QED) is 0.758. The van der Waals surface area contributed by atoms with Crippen LogP contribution in [0.3, 0.4) is 0 Å². The minimum absolute atomic E-state index is 0.0827. The molecule has 6 nitrogen and oxygen atoms in total. The van der Waals surface area contributed by atoms with Gasteiger partial charge in [-0.25, -0.2) is 14.4 Å². The summed E-state index contributed by atoms with van der Waals surface area (Å²) in [5.74, 6) is 0.237. The van der Waals surface area contributed by atoms with Crippen molar-refractivity contribution in [3.8, 4) is 0 Å². The second-order valence-electron chi connectivity index (χ2n) is 6.66. The number of hydrogen-bond donors (Lipinski definition) is 1. The van der Waals surface area contributed by atoms with E-state index in [-0.39, 0.29) is 11.7 Å². The first-order valence-corrected chi connectivity index (χ1v) is 9.53. The third kappa shape index (κ3) is 4.93. The molecule has 7 heteroatoms. The van der Waals surface area contributed by atoms with Crippen LogP contribution in [0.2, 0.25) is 0 Å². The maximum Gasteiger partial charge on any atom is 0.257 e. The molecule has 0 radical (unpaired) electrons. The molecule has 0 aliphatic carbocycles. The van der Waals surface area contributed by atoms with Crippen LogP contribution >= 0.6 is 0 Å². The predicted molar refractivity (Wildman–Crippen MR) is 105 cm³/mol. The molecule has 1 aliphatic rings. The molecule has 144 valence electrons. The summed E-state index contributed by atoms with van der Waals surface area (Å²) in [5, 5.41) is 3.17. The van der Waals surface area contributed by atoms with E-state index >= 15 is 0 Å². The van der Waals surface area contributed by atoms with Crippen LogP contribution in [-0.4, -0.2) is 53.5 Å². The van der Waals surface area contributed by atoms with E-state index < -0.39 is 0 Å². The molecule has 1 saturated heterocycles. The molecule has 1 aromatic heterocycles. The van der Waals surface area contributed by atoms with Gasteiger partial charge in [0.15, 0.2) is 0 Å². The standard InChI is InChI=1S/C20H26FN5O/c1-2-3-6-9-22-20-23-14-16(15-24-20)19(27)26-12-10-25(11-13-26)18-8-5-4-7-17(18)21/h4-5,7-8,14-15H,2-3,6,9-13H2,1H3,(H,22,23,24). The summed E-state index contributed by atoms with van der Waals surface area (Å²) in [6.07, 6.45) is 6.55. The van der Waals surface area contributed by atoms with Gasteiger partial charge in [0.2, 0.25) is 5.95 Å². The number of rotatable bonds is 7. The van der Waals surface area contributed by atoms with Crippen LogP contribution in [0.1, 0.15) is 36.5 Å². The lowest BCUT2D eigenvalue weighted by molar-refractivity contribution is 0.0746. The van der Waals surface area contributed by atoms with Crippen molar-refractivity contribution in [1.29, 1.82) is 0 Å². The lowest BCUT2D eigenvalue weighted by atomic mass is 10.2. The van der Waals surface area contributed by atoms with Gasteiger partial charge in [-0.15, -0.1) is 0 Å². The van der Waals surface area contributed by atoms with E-state index in [9.17, 15) is 9.18 Å². The predicted octanol–water partition coefficient (Wildman–Crippen LogP) is 3.18. The SMILES string of the molecule is CCCCCNc1ncc(C(=O)N2CCN(c3ccccc3F)CC2)cn1. The van der Waals surface area contributed by atoms with E-state index in [4.69, 9.17) is 0 Å². The number of anilines is 2. The van der Waals surface area contributed by atoms with Crippen molar-refractivity contribution in [3.63, 3.8) is 0 Å². The van der Waals surface area contributed by atoms with Crippen molar-refractivity contribution >= 4 is 17.5 Å². The number of aromatic nitrogens is 2. The zero-order valence-corrected chi connectivity index (χ0v) is 15.7. The Labute approximate surface area is 159 Å². The van der Waals surface area contributed by atoms with Crippen LogP contribution in [0.25, 0.3) is 0 Å². The zero-order chi connectivity index (χ0) is 19.1. The van der Waals surface area contributed by atoms with E-state index in [1.807, 2.05) is 11.0 Å². The van der Waals surface area contributed by atoms with Gasteiger partial charge in [0.05, 0.1) is 11.3 Å². The molecule has 0 spiro atoms. The number of nitrogens with one attached hydrogen (secondary N) is 1. The number of halogens is 1. The molecular formula is C20H26FN5O. The molecule has 3 rings (SSSR count). The van der Waals surface area contributed by atoms with Gasteiger partial charge in [0, 0.05) is 45.1 Å². The average molecular weight is 371 g/mol. The van der Waals surface area contributed by atoms with Gasteiger partial charge in [-0.3, -0.25) is 4.79 Å². The average Bonchev–Trinajstić information content (AvgIpc) is 2.72. The molecular weight excluding hydrogens is 345 g/mol. The Balaban J connectivity index is 1.52. The first-order chi connectivity index (χ1) is 13.2. The van der Waals surface area contributed by atoms with E-state index in [0.717, 1.165) is 13.0 Å². The Morgan fingerprint density at radius 3 is 2.48 bits per heavy atom. The summed E-state index contributed by atoms with van der Waals surface area (Å²) >= 11 is 0. The Morgan fingerprint density at radius 1 is 1.11 bits per heavy atom. The molecule has 1 aromatic carbocycles. The highest BCUT2D eigenvalue weighted by atomic mass is 19.1. The molecule has 0 atom stereocenters. The van der Waals surface area contributed by atoms with Crippen LogP contribution in [0.15, 0.2) is 36.7 Å².